The maximum Gasteiger partial charge on any atom is 0.178 e. The first kappa shape index (κ1) is 25.2. The Morgan fingerprint density at radius 3 is 2.26 bits per heavy atom. The van der Waals surface area contributed by atoms with Crippen molar-refractivity contribution in [2.24, 2.45) is 58.2 Å². The number of ketones is 1. The molecular formula is C31H52O3. The zero-order chi connectivity index (χ0) is 24.3. The van der Waals surface area contributed by atoms with Crippen molar-refractivity contribution in [1.82, 2.24) is 0 Å². The summed E-state index contributed by atoms with van der Waals surface area (Å²) >= 11 is 0. The normalized spacial score (nSPS) is 46.2. The molecule has 0 aromatic rings. The molecule has 5 aliphatic rings. The van der Waals surface area contributed by atoms with Gasteiger partial charge in [0.1, 0.15) is 5.78 Å². The summed E-state index contributed by atoms with van der Waals surface area (Å²) in [7, 11) is 0. The van der Waals surface area contributed by atoms with Crippen LogP contribution < -0.4 is 0 Å². The van der Waals surface area contributed by atoms with Crippen molar-refractivity contribution in [3.8, 4) is 0 Å². The predicted octanol–water partition coefficient (Wildman–Crippen LogP) is 7.67. The van der Waals surface area contributed by atoms with Crippen molar-refractivity contribution >= 4 is 5.78 Å². The molecule has 0 unspecified atom stereocenters. The van der Waals surface area contributed by atoms with Gasteiger partial charge in [-0.2, -0.15) is 0 Å². The third-order valence-electron chi connectivity index (χ3n) is 12.2. The summed E-state index contributed by atoms with van der Waals surface area (Å²) in [4.78, 5) is 12.9. The first-order chi connectivity index (χ1) is 16.1. The molecule has 1 saturated heterocycles. The van der Waals surface area contributed by atoms with Crippen LogP contribution in [0.1, 0.15) is 112 Å². The van der Waals surface area contributed by atoms with Gasteiger partial charge in [-0.25, -0.2) is 0 Å². The molecule has 1 aliphatic heterocycles. The SMILES string of the molecule is CC(=O)[C@H]1C[C@@]2(C)[C@H](CC[C@@H]3[C@@H]2CC[C@]2(C)[C@@H]([C@H](C)CCCC(C)C)CC[C@@H]32)CC12OCCO2. The number of ether oxygens (including phenoxy) is 2. The van der Waals surface area contributed by atoms with Crippen LogP contribution in [0.5, 0.6) is 0 Å². The smallest absolute Gasteiger partial charge is 0.178 e. The van der Waals surface area contributed by atoms with Crippen molar-refractivity contribution in [3.05, 3.63) is 0 Å². The Morgan fingerprint density at radius 1 is 0.882 bits per heavy atom. The van der Waals surface area contributed by atoms with E-state index in [2.05, 4.69) is 34.6 Å². The van der Waals surface area contributed by atoms with Gasteiger partial charge in [0.2, 0.25) is 0 Å². The lowest BCUT2D eigenvalue weighted by Crippen LogP contribution is -2.60. The number of carbonyl (C=O) groups is 1. The van der Waals surface area contributed by atoms with Gasteiger partial charge in [0, 0.05) is 6.42 Å². The largest absolute Gasteiger partial charge is 0.347 e. The van der Waals surface area contributed by atoms with Crippen LogP contribution in [-0.4, -0.2) is 24.8 Å². The van der Waals surface area contributed by atoms with Crippen LogP contribution in [0, 0.1) is 58.2 Å². The van der Waals surface area contributed by atoms with E-state index in [1.54, 1.807) is 6.92 Å². The van der Waals surface area contributed by atoms with Crippen molar-refractivity contribution in [1.29, 1.82) is 0 Å². The standard InChI is InChI=1S/C31H52O3/c1-20(2)8-7-9-21(3)25-12-13-26-24-11-10-23-18-31(33-16-17-34-31)28(22(4)32)19-30(23,6)27(24)14-15-29(25,26)5/h20-21,23-28H,7-19H2,1-6H3/t21-,23-,24+,25-,26+,27+,28-,29-,30+/m1/s1. The van der Waals surface area contributed by atoms with Crippen LogP contribution in [0.15, 0.2) is 0 Å². The van der Waals surface area contributed by atoms with E-state index in [4.69, 9.17) is 9.47 Å². The molecule has 1 spiro atoms. The highest BCUT2D eigenvalue weighted by Crippen LogP contribution is 2.69. The van der Waals surface area contributed by atoms with E-state index in [9.17, 15) is 4.79 Å². The first-order valence-electron chi connectivity index (χ1n) is 14.9. The molecule has 4 aliphatic carbocycles. The van der Waals surface area contributed by atoms with E-state index in [1.807, 2.05) is 0 Å². The van der Waals surface area contributed by atoms with Gasteiger partial charge in [0.25, 0.3) is 0 Å². The number of fused-ring (bicyclic) bond motifs is 5. The minimum absolute atomic E-state index is 0.0828. The summed E-state index contributed by atoms with van der Waals surface area (Å²) in [5.41, 5.74) is 0.803. The zero-order valence-corrected chi connectivity index (χ0v) is 23.0. The molecule has 3 nitrogen and oxygen atoms in total. The number of hydrogen-bond acceptors (Lipinski definition) is 3. The van der Waals surface area contributed by atoms with Crippen LogP contribution in [-0.2, 0) is 14.3 Å². The van der Waals surface area contributed by atoms with Crippen LogP contribution in [0.2, 0.25) is 0 Å². The van der Waals surface area contributed by atoms with E-state index in [1.165, 1.54) is 57.8 Å². The van der Waals surface area contributed by atoms with Crippen molar-refractivity contribution in [2.45, 2.75) is 118 Å². The highest BCUT2D eigenvalue weighted by molar-refractivity contribution is 5.79. The summed E-state index contributed by atoms with van der Waals surface area (Å²) in [6.07, 6.45) is 14.5. The lowest BCUT2D eigenvalue weighted by Gasteiger charge is -2.63. The van der Waals surface area contributed by atoms with Crippen LogP contribution in [0.25, 0.3) is 0 Å². The minimum atomic E-state index is -0.615. The highest BCUT2D eigenvalue weighted by Gasteiger charge is 2.65. The summed E-state index contributed by atoms with van der Waals surface area (Å²) in [6, 6.07) is 0. The third-order valence-corrected chi connectivity index (χ3v) is 12.2. The van der Waals surface area contributed by atoms with Crippen LogP contribution in [0.4, 0.5) is 0 Å². The molecule has 0 radical (unpaired) electrons. The summed E-state index contributed by atoms with van der Waals surface area (Å²) in [5.74, 6) is 5.36. The molecule has 0 amide bonds. The van der Waals surface area contributed by atoms with Gasteiger partial charge in [-0.3, -0.25) is 4.79 Å². The molecule has 0 aromatic heterocycles. The van der Waals surface area contributed by atoms with E-state index < -0.39 is 5.79 Å². The molecule has 9 atom stereocenters. The fourth-order valence-corrected chi connectivity index (χ4v) is 10.5. The Balaban J connectivity index is 1.33. The summed E-state index contributed by atoms with van der Waals surface area (Å²) in [6.45, 7) is 15.6. The molecule has 0 bridgehead atoms. The Hall–Kier alpha value is -0.410. The molecule has 0 aromatic carbocycles. The lowest BCUT2D eigenvalue weighted by molar-refractivity contribution is -0.255. The van der Waals surface area contributed by atoms with Gasteiger partial charge in [0.05, 0.1) is 19.1 Å². The second-order valence-corrected chi connectivity index (χ2v) is 14.3. The van der Waals surface area contributed by atoms with Crippen molar-refractivity contribution < 1.29 is 14.3 Å². The lowest BCUT2D eigenvalue weighted by atomic mass is 9.43. The number of rotatable bonds is 6. The van der Waals surface area contributed by atoms with Gasteiger partial charge < -0.3 is 9.47 Å². The van der Waals surface area contributed by atoms with E-state index in [0.717, 1.165) is 48.3 Å². The van der Waals surface area contributed by atoms with Crippen molar-refractivity contribution in [3.63, 3.8) is 0 Å². The number of carbonyl (C=O) groups excluding carboxylic acids is 1. The topological polar surface area (TPSA) is 35.5 Å². The second kappa shape index (κ2) is 9.16. The van der Waals surface area contributed by atoms with Crippen LogP contribution >= 0.6 is 0 Å². The van der Waals surface area contributed by atoms with Gasteiger partial charge in [-0.1, -0.05) is 53.9 Å². The molecule has 5 rings (SSSR count). The maximum atomic E-state index is 12.9. The Kier molecular flexibility index (Phi) is 6.80. The van der Waals surface area contributed by atoms with E-state index >= 15 is 0 Å². The average Bonchev–Trinajstić information content (AvgIpc) is 3.38. The minimum Gasteiger partial charge on any atom is -0.347 e. The Labute approximate surface area is 209 Å². The molecule has 5 fully saturated rings. The zero-order valence-electron chi connectivity index (χ0n) is 23.0. The average molecular weight is 473 g/mol. The van der Waals surface area contributed by atoms with Gasteiger partial charge in [-0.15, -0.1) is 0 Å². The Morgan fingerprint density at radius 2 is 1.59 bits per heavy atom. The molecule has 1 heterocycles. The summed E-state index contributed by atoms with van der Waals surface area (Å²) in [5, 5.41) is 0. The molecule has 3 heteroatoms. The molecule has 194 valence electrons. The quantitative estimate of drug-likeness (QED) is 0.398. The van der Waals surface area contributed by atoms with Gasteiger partial charge in [-0.05, 0) is 104 Å². The van der Waals surface area contributed by atoms with E-state index in [0.29, 0.717) is 24.5 Å². The van der Waals surface area contributed by atoms with E-state index in [-0.39, 0.29) is 17.1 Å². The summed E-state index contributed by atoms with van der Waals surface area (Å²) < 4.78 is 12.4. The van der Waals surface area contributed by atoms with Gasteiger partial charge in [0.15, 0.2) is 5.79 Å². The van der Waals surface area contributed by atoms with Gasteiger partial charge >= 0.3 is 0 Å². The molecule has 0 N–H and O–H groups in total. The molecule has 34 heavy (non-hydrogen) atoms. The van der Waals surface area contributed by atoms with Crippen LogP contribution in [0.3, 0.4) is 0 Å². The second-order valence-electron chi connectivity index (χ2n) is 14.3. The fraction of sp³-hybridized carbons (Fsp3) is 0.968. The highest BCUT2D eigenvalue weighted by atomic mass is 16.7. The van der Waals surface area contributed by atoms with Crippen molar-refractivity contribution in [2.75, 3.05) is 13.2 Å². The Bertz CT molecular complexity index is 754. The maximum absolute atomic E-state index is 12.9. The molecule has 4 saturated carbocycles. The number of hydrogen-bond donors (Lipinski definition) is 0. The monoisotopic (exact) mass is 472 g/mol. The first-order valence-corrected chi connectivity index (χ1v) is 14.9. The molecular weight excluding hydrogens is 420 g/mol. The third kappa shape index (κ3) is 3.94. The number of Topliss-reactive ketones (excluding diaryl/α,β-unsaturated/α-hetero) is 1. The fourth-order valence-electron chi connectivity index (χ4n) is 10.5. The predicted molar refractivity (Wildman–Crippen MR) is 137 cm³/mol.